The van der Waals surface area contributed by atoms with Crippen molar-refractivity contribution in [2.45, 2.75) is 11.8 Å². The lowest BCUT2D eigenvalue weighted by molar-refractivity contribution is 0.100. The fourth-order valence-corrected chi connectivity index (χ4v) is 2.66. The normalized spacial score (nSPS) is 10.3. The van der Waals surface area contributed by atoms with Crippen molar-refractivity contribution in [3.8, 4) is 11.3 Å². The van der Waals surface area contributed by atoms with E-state index in [-0.39, 0.29) is 11.4 Å². The van der Waals surface area contributed by atoms with Crippen LogP contribution in [0.3, 0.4) is 0 Å². The predicted molar refractivity (Wildman–Crippen MR) is 84.4 cm³/mol. The van der Waals surface area contributed by atoms with Gasteiger partial charge in [-0.3, -0.25) is 10.1 Å². The Hall–Kier alpha value is -2.41. The molecule has 0 bridgehead atoms. The number of H-pyrrole nitrogens is 1. The summed E-state index contributed by atoms with van der Waals surface area (Å²) < 4.78 is 0. The summed E-state index contributed by atoms with van der Waals surface area (Å²) in [5, 5.41) is 2.36. The van der Waals surface area contributed by atoms with E-state index in [9.17, 15) is 9.59 Å². The lowest BCUT2D eigenvalue weighted by Gasteiger charge is -2.03. The van der Waals surface area contributed by atoms with Gasteiger partial charge in [-0.15, -0.1) is 11.8 Å². The highest BCUT2D eigenvalue weighted by Gasteiger charge is 2.15. The molecule has 0 saturated heterocycles. The first-order valence-corrected chi connectivity index (χ1v) is 7.32. The third-order valence-electron chi connectivity index (χ3n) is 2.79. The van der Waals surface area contributed by atoms with Crippen LogP contribution in [-0.2, 0) is 0 Å². The Kier molecular flexibility index (Phi) is 4.54. The van der Waals surface area contributed by atoms with Gasteiger partial charge in [0.2, 0.25) is 0 Å². The number of urea groups is 1. The number of hydrogen-bond donors (Lipinski definition) is 4. The first-order chi connectivity index (χ1) is 10.0. The number of rotatable bonds is 5. The van der Waals surface area contributed by atoms with E-state index in [2.05, 4.69) is 17.2 Å². The van der Waals surface area contributed by atoms with Gasteiger partial charge in [0.05, 0.1) is 5.56 Å². The summed E-state index contributed by atoms with van der Waals surface area (Å²) in [7, 11) is 0. The highest BCUT2D eigenvalue weighted by atomic mass is 32.2. The third-order valence-corrected chi connectivity index (χ3v) is 3.66. The topological polar surface area (TPSA) is 114 Å². The first-order valence-electron chi connectivity index (χ1n) is 6.33. The molecule has 7 heteroatoms. The largest absolute Gasteiger partial charge is 0.365 e. The monoisotopic (exact) mass is 304 g/mol. The Labute approximate surface area is 126 Å². The van der Waals surface area contributed by atoms with Crippen molar-refractivity contribution in [1.82, 2.24) is 4.98 Å². The summed E-state index contributed by atoms with van der Waals surface area (Å²) in [6.45, 7) is 2.08. The fraction of sp³-hybridized carbons (Fsp3) is 0.143. The molecule has 0 saturated carbocycles. The molecule has 0 spiro atoms. The second-order valence-corrected chi connectivity index (χ2v) is 5.62. The van der Waals surface area contributed by atoms with E-state index in [0.29, 0.717) is 5.69 Å². The van der Waals surface area contributed by atoms with Crippen LogP contribution in [0.1, 0.15) is 17.3 Å². The minimum absolute atomic E-state index is 0.192. The molecule has 2 rings (SSSR count). The average Bonchev–Trinajstić information content (AvgIpc) is 2.83. The molecule has 110 valence electrons. The minimum Gasteiger partial charge on any atom is -0.365 e. The van der Waals surface area contributed by atoms with Crippen molar-refractivity contribution >= 4 is 29.5 Å². The van der Waals surface area contributed by atoms with Gasteiger partial charge in [-0.05, 0) is 29.5 Å². The number of hydrogen-bond acceptors (Lipinski definition) is 3. The van der Waals surface area contributed by atoms with E-state index in [4.69, 9.17) is 11.5 Å². The molecule has 3 amide bonds. The maximum atomic E-state index is 11.4. The van der Waals surface area contributed by atoms with Crippen LogP contribution in [0.15, 0.2) is 35.2 Å². The van der Waals surface area contributed by atoms with Gasteiger partial charge in [-0.1, -0.05) is 19.1 Å². The van der Waals surface area contributed by atoms with Crippen LogP contribution in [0.2, 0.25) is 0 Å². The number of nitrogens with one attached hydrogen (secondary N) is 2. The summed E-state index contributed by atoms with van der Waals surface area (Å²) in [6, 6.07) is 8.69. The van der Waals surface area contributed by atoms with Crippen LogP contribution in [-0.4, -0.2) is 22.7 Å². The number of thioether (sulfide) groups is 1. The number of anilines is 1. The van der Waals surface area contributed by atoms with Gasteiger partial charge in [-0.2, -0.15) is 0 Å². The van der Waals surface area contributed by atoms with Crippen LogP contribution < -0.4 is 16.8 Å². The Morgan fingerprint density at radius 2 is 2.05 bits per heavy atom. The summed E-state index contributed by atoms with van der Waals surface area (Å²) >= 11 is 1.72. The van der Waals surface area contributed by atoms with Gasteiger partial charge in [0, 0.05) is 10.6 Å². The first kappa shape index (κ1) is 15.0. The smallest absolute Gasteiger partial charge is 0.317 e. The summed E-state index contributed by atoms with van der Waals surface area (Å²) in [5.41, 5.74) is 12.2. The van der Waals surface area contributed by atoms with E-state index in [1.807, 2.05) is 24.3 Å². The zero-order chi connectivity index (χ0) is 15.4. The fourth-order valence-electron chi connectivity index (χ4n) is 1.95. The molecule has 0 unspecified atom stereocenters. The quantitative estimate of drug-likeness (QED) is 0.636. The number of benzene rings is 1. The van der Waals surface area contributed by atoms with Gasteiger partial charge < -0.3 is 16.5 Å². The van der Waals surface area contributed by atoms with E-state index in [1.54, 1.807) is 17.8 Å². The van der Waals surface area contributed by atoms with Gasteiger partial charge in [0.15, 0.2) is 0 Å². The second kappa shape index (κ2) is 6.36. The lowest BCUT2D eigenvalue weighted by Crippen LogP contribution is -2.22. The Bertz CT molecular complexity index is 681. The Morgan fingerprint density at radius 3 is 2.67 bits per heavy atom. The number of carbonyl (C=O) groups is 2. The molecule has 21 heavy (non-hydrogen) atoms. The summed E-state index contributed by atoms with van der Waals surface area (Å²) in [4.78, 5) is 26.5. The zero-order valence-electron chi connectivity index (χ0n) is 11.5. The standard InChI is InChI=1S/C14H16N4O2S/c1-2-21-9-5-3-4-8(6-9)11-7-10(12(15)19)13(17-11)18-14(16)20/h3-7,17H,2H2,1H3,(H2,15,19)(H3,16,18,20). The highest BCUT2D eigenvalue weighted by molar-refractivity contribution is 7.99. The maximum Gasteiger partial charge on any atom is 0.317 e. The van der Waals surface area contributed by atoms with Crippen molar-refractivity contribution in [3.63, 3.8) is 0 Å². The number of nitrogens with two attached hydrogens (primary N) is 2. The number of carbonyl (C=O) groups excluding carboxylic acids is 2. The lowest BCUT2D eigenvalue weighted by atomic mass is 10.1. The second-order valence-electron chi connectivity index (χ2n) is 4.29. The molecule has 6 N–H and O–H groups in total. The highest BCUT2D eigenvalue weighted by Crippen LogP contribution is 2.28. The third kappa shape index (κ3) is 3.57. The minimum atomic E-state index is -0.763. The Balaban J connectivity index is 2.42. The molecule has 0 aliphatic heterocycles. The summed E-state index contributed by atoms with van der Waals surface area (Å²) in [6.07, 6.45) is 0. The van der Waals surface area contributed by atoms with Crippen molar-refractivity contribution in [3.05, 3.63) is 35.9 Å². The molecule has 0 fully saturated rings. The van der Waals surface area contributed by atoms with E-state index in [0.717, 1.165) is 16.2 Å². The maximum absolute atomic E-state index is 11.4. The number of amides is 3. The molecule has 0 atom stereocenters. The van der Waals surface area contributed by atoms with Crippen molar-refractivity contribution in [1.29, 1.82) is 0 Å². The van der Waals surface area contributed by atoms with Crippen LogP contribution >= 0.6 is 11.8 Å². The molecular formula is C14H16N4O2S. The summed E-state index contributed by atoms with van der Waals surface area (Å²) in [5.74, 6) is 0.536. The number of aromatic amines is 1. The van der Waals surface area contributed by atoms with Crippen LogP contribution in [0, 0.1) is 0 Å². The van der Waals surface area contributed by atoms with Gasteiger partial charge >= 0.3 is 6.03 Å². The molecule has 0 aliphatic rings. The van der Waals surface area contributed by atoms with Crippen molar-refractivity contribution in [2.75, 3.05) is 11.1 Å². The molecule has 2 aromatic rings. The van der Waals surface area contributed by atoms with Gasteiger partial charge in [0.25, 0.3) is 5.91 Å². The molecule has 0 aliphatic carbocycles. The molecule has 0 radical (unpaired) electrons. The molecule has 1 aromatic carbocycles. The molecule has 6 nitrogen and oxygen atoms in total. The van der Waals surface area contributed by atoms with Crippen LogP contribution in [0.5, 0.6) is 0 Å². The van der Waals surface area contributed by atoms with Crippen LogP contribution in [0.25, 0.3) is 11.3 Å². The number of aromatic nitrogens is 1. The van der Waals surface area contributed by atoms with Gasteiger partial charge in [0.1, 0.15) is 5.82 Å². The van der Waals surface area contributed by atoms with E-state index < -0.39 is 11.9 Å². The van der Waals surface area contributed by atoms with E-state index in [1.165, 1.54) is 0 Å². The molecule has 1 aromatic heterocycles. The van der Waals surface area contributed by atoms with Crippen molar-refractivity contribution < 1.29 is 9.59 Å². The average molecular weight is 304 g/mol. The predicted octanol–water partition coefficient (Wildman–Crippen LogP) is 2.38. The van der Waals surface area contributed by atoms with Crippen molar-refractivity contribution in [2.24, 2.45) is 11.5 Å². The van der Waals surface area contributed by atoms with Crippen LogP contribution in [0.4, 0.5) is 10.6 Å². The van der Waals surface area contributed by atoms with Gasteiger partial charge in [-0.25, -0.2) is 4.79 Å². The van der Waals surface area contributed by atoms with E-state index >= 15 is 0 Å². The molecule has 1 heterocycles. The SMILES string of the molecule is CCSc1cccc(-c2cc(C(N)=O)c(NC(N)=O)[nH]2)c1. The number of primary amides is 2. The zero-order valence-corrected chi connectivity index (χ0v) is 12.3. The molecular weight excluding hydrogens is 288 g/mol. The Morgan fingerprint density at radius 1 is 1.29 bits per heavy atom.